The monoisotopic (exact) mass is 312 g/mol. The second kappa shape index (κ2) is 7.90. The first kappa shape index (κ1) is 16.4. The lowest BCUT2D eigenvalue weighted by Crippen LogP contribution is -1.98. The van der Waals surface area contributed by atoms with E-state index in [0.29, 0.717) is 23.9 Å². The number of aromatic carboxylic acids is 1. The van der Waals surface area contributed by atoms with Gasteiger partial charge in [0.15, 0.2) is 5.69 Å². The van der Waals surface area contributed by atoms with Crippen LogP contribution >= 0.6 is 0 Å². The number of nitrogens with two attached hydrogens (primary N) is 1. The third-order valence-electron chi connectivity index (χ3n) is 3.17. The van der Waals surface area contributed by atoms with Crippen LogP contribution in [0.25, 0.3) is 10.8 Å². The fourth-order valence-corrected chi connectivity index (χ4v) is 2.16. The number of rotatable bonds is 7. The van der Waals surface area contributed by atoms with Crippen molar-refractivity contribution < 1.29 is 9.90 Å². The van der Waals surface area contributed by atoms with E-state index in [4.69, 9.17) is 5.73 Å². The number of nitroso groups, excluding NO2 is 1. The molecule has 0 radical (unpaired) electrons. The highest BCUT2D eigenvalue weighted by Crippen LogP contribution is 2.38. The zero-order valence-corrected chi connectivity index (χ0v) is 12.3. The number of hydrogen-bond acceptors (Lipinski definition) is 6. The minimum absolute atomic E-state index is 0.142. The molecular weight excluding hydrogens is 296 g/mol. The predicted octanol–water partition coefficient (Wildman–Crippen LogP) is 3.92. The number of azo groups is 1. The molecular formula is C16H16N4O3. The Morgan fingerprint density at radius 3 is 2.74 bits per heavy atom. The van der Waals surface area contributed by atoms with E-state index in [2.05, 4.69) is 15.4 Å². The third kappa shape index (κ3) is 3.83. The molecule has 0 saturated carbocycles. The highest BCUT2D eigenvalue weighted by molar-refractivity contribution is 6.10. The number of carboxylic acid groups (broad SMARTS) is 1. The average Bonchev–Trinajstić information content (AvgIpc) is 2.56. The molecule has 0 aliphatic heterocycles. The molecule has 0 saturated heterocycles. The number of nitrogens with zero attached hydrogens (tertiary/aromatic N) is 3. The maximum Gasteiger partial charge on any atom is 0.338 e. The van der Waals surface area contributed by atoms with Gasteiger partial charge in [-0.3, -0.25) is 0 Å². The van der Waals surface area contributed by atoms with Gasteiger partial charge in [-0.05, 0) is 35.0 Å². The molecule has 0 aliphatic carbocycles. The maximum atomic E-state index is 11.5. The number of benzene rings is 2. The number of carboxylic acids is 1. The lowest BCUT2D eigenvalue weighted by Gasteiger charge is -2.06. The molecule has 2 rings (SSSR count). The normalized spacial score (nSPS) is 11.5. The van der Waals surface area contributed by atoms with Crippen LogP contribution in [0.4, 0.5) is 11.4 Å². The van der Waals surface area contributed by atoms with E-state index in [9.17, 15) is 14.8 Å². The smallest absolute Gasteiger partial charge is 0.338 e. The van der Waals surface area contributed by atoms with Crippen LogP contribution in [0.1, 0.15) is 16.8 Å². The van der Waals surface area contributed by atoms with E-state index in [1.165, 1.54) is 0 Å². The fraction of sp³-hybridized carbons (Fsp3) is 0.188. The first-order valence-electron chi connectivity index (χ1n) is 7.04. The molecule has 7 heteroatoms. The van der Waals surface area contributed by atoms with Crippen LogP contribution in [0, 0.1) is 4.91 Å². The summed E-state index contributed by atoms with van der Waals surface area (Å²) in [6.07, 6.45) is 4.42. The summed E-state index contributed by atoms with van der Waals surface area (Å²) in [5.74, 6) is -1.23. The summed E-state index contributed by atoms with van der Waals surface area (Å²) in [7, 11) is 0. The van der Waals surface area contributed by atoms with E-state index < -0.39 is 5.97 Å². The molecule has 0 unspecified atom stereocenters. The molecule has 0 fully saturated rings. The first-order chi connectivity index (χ1) is 11.2. The summed E-state index contributed by atoms with van der Waals surface area (Å²) in [4.78, 5) is 22.6. The van der Waals surface area contributed by atoms with Gasteiger partial charge in [0, 0.05) is 0 Å². The summed E-state index contributed by atoms with van der Waals surface area (Å²) < 4.78 is 0. The SMILES string of the molecule is NCC/C=C\C/N=N/c1cc2ccccc2c(C(=O)O)c1N=O. The van der Waals surface area contributed by atoms with Crippen molar-refractivity contribution in [3.05, 3.63) is 53.0 Å². The molecule has 23 heavy (non-hydrogen) atoms. The number of carbonyl (C=O) groups is 1. The summed E-state index contributed by atoms with van der Waals surface area (Å²) in [6, 6.07) is 8.46. The van der Waals surface area contributed by atoms with E-state index >= 15 is 0 Å². The predicted molar refractivity (Wildman–Crippen MR) is 88.6 cm³/mol. The molecule has 0 amide bonds. The van der Waals surface area contributed by atoms with E-state index in [1.54, 1.807) is 36.4 Å². The minimum Gasteiger partial charge on any atom is -0.478 e. The van der Waals surface area contributed by atoms with Gasteiger partial charge in [-0.2, -0.15) is 10.2 Å². The Labute approximate surface area is 132 Å². The highest BCUT2D eigenvalue weighted by atomic mass is 16.4. The molecule has 7 nitrogen and oxygen atoms in total. The van der Waals surface area contributed by atoms with Gasteiger partial charge in [-0.15, -0.1) is 4.91 Å². The Hall–Kier alpha value is -2.93. The van der Waals surface area contributed by atoms with Crippen LogP contribution in [0.5, 0.6) is 0 Å². The Morgan fingerprint density at radius 2 is 2.04 bits per heavy atom. The first-order valence-corrected chi connectivity index (χ1v) is 7.04. The third-order valence-corrected chi connectivity index (χ3v) is 3.17. The molecule has 0 atom stereocenters. The highest BCUT2D eigenvalue weighted by Gasteiger charge is 2.19. The maximum absolute atomic E-state index is 11.5. The molecule has 0 aliphatic rings. The summed E-state index contributed by atoms with van der Waals surface area (Å²) in [5.41, 5.74) is 5.13. The van der Waals surface area contributed by atoms with Crippen LogP contribution in [0.2, 0.25) is 0 Å². The largest absolute Gasteiger partial charge is 0.478 e. The van der Waals surface area contributed by atoms with Gasteiger partial charge in [0.05, 0.1) is 12.1 Å². The molecule has 0 bridgehead atoms. The van der Waals surface area contributed by atoms with Gasteiger partial charge in [0.1, 0.15) is 5.69 Å². The standard InChI is InChI=1S/C16H16N4O3/c17-8-4-1-5-9-18-19-13-10-11-6-2-3-7-12(11)14(16(21)22)15(13)20-23/h1-3,5-7,10H,4,8-9,17H2,(H,21,22)/b5-1-,19-18+. The Balaban J connectivity index is 2.45. The van der Waals surface area contributed by atoms with Crippen LogP contribution in [-0.2, 0) is 0 Å². The van der Waals surface area contributed by atoms with Crippen molar-refractivity contribution in [2.24, 2.45) is 21.1 Å². The van der Waals surface area contributed by atoms with Crippen molar-refractivity contribution in [3.8, 4) is 0 Å². The molecule has 118 valence electrons. The van der Waals surface area contributed by atoms with Gasteiger partial charge >= 0.3 is 5.97 Å². The van der Waals surface area contributed by atoms with Crippen LogP contribution in [0.15, 0.2) is 57.9 Å². The fourth-order valence-electron chi connectivity index (χ4n) is 2.16. The van der Waals surface area contributed by atoms with Crippen molar-refractivity contribution in [3.63, 3.8) is 0 Å². The van der Waals surface area contributed by atoms with Gasteiger partial charge in [-0.1, -0.05) is 36.4 Å². The van der Waals surface area contributed by atoms with Gasteiger partial charge in [0.25, 0.3) is 0 Å². The van der Waals surface area contributed by atoms with Gasteiger partial charge < -0.3 is 10.8 Å². The lowest BCUT2D eigenvalue weighted by atomic mass is 10.0. The lowest BCUT2D eigenvalue weighted by molar-refractivity contribution is 0.0700. The molecule has 0 aromatic heterocycles. The Morgan fingerprint density at radius 1 is 1.26 bits per heavy atom. The van der Waals surface area contributed by atoms with Crippen LogP contribution in [-0.4, -0.2) is 24.2 Å². The second-order valence-electron chi connectivity index (χ2n) is 4.71. The Bertz CT molecular complexity index is 784. The zero-order valence-electron chi connectivity index (χ0n) is 12.3. The summed E-state index contributed by atoms with van der Waals surface area (Å²) in [6.45, 7) is 0.868. The van der Waals surface area contributed by atoms with Crippen molar-refractivity contribution in [2.45, 2.75) is 6.42 Å². The molecule has 3 N–H and O–H groups in total. The molecule has 2 aromatic carbocycles. The van der Waals surface area contributed by atoms with Gasteiger partial charge in [0.2, 0.25) is 0 Å². The van der Waals surface area contributed by atoms with Crippen molar-refractivity contribution in [2.75, 3.05) is 13.1 Å². The minimum atomic E-state index is -1.23. The molecule has 0 spiro atoms. The van der Waals surface area contributed by atoms with E-state index in [0.717, 1.165) is 6.42 Å². The van der Waals surface area contributed by atoms with Crippen LogP contribution in [0.3, 0.4) is 0 Å². The van der Waals surface area contributed by atoms with E-state index in [-0.39, 0.29) is 16.9 Å². The quantitative estimate of drug-likeness (QED) is 0.457. The van der Waals surface area contributed by atoms with Crippen molar-refractivity contribution >= 4 is 28.1 Å². The van der Waals surface area contributed by atoms with Gasteiger partial charge in [-0.25, -0.2) is 4.79 Å². The summed E-state index contributed by atoms with van der Waals surface area (Å²) in [5, 5.41) is 21.2. The topological polar surface area (TPSA) is 117 Å². The second-order valence-corrected chi connectivity index (χ2v) is 4.71. The zero-order chi connectivity index (χ0) is 16.7. The van der Waals surface area contributed by atoms with E-state index in [1.807, 2.05) is 6.08 Å². The molecule has 2 aromatic rings. The van der Waals surface area contributed by atoms with Crippen molar-refractivity contribution in [1.82, 2.24) is 0 Å². The number of hydrogen-bond donors (Lipinski definition) is 2. The Kier molecular flexibility index (Phi) is 5.65. The summed E-state index contributed by atoms with van der Waals surface area (Å²) >= 11 is 0. The molecule has 0 heterocycles. The number of fused-ring (bicyclic) bond motifs is 1. The van der Waals surface area contributed by atoms with Crippen molar-refractivity contribution in [1.29, 1.82) is 0 Å². The average molecular weight is 312 g/mol. The van der Waals surface area contributed by atoms with Crippen LogP contribution < -0.4 is 5.73 Å².